The molecule has 1 aromatic heterocycles. The van der Waals surface area contributed by atoms with Gasteiger partial charge in [0.2, 0.25) is 0 Å². The zero-order valence-electron chi connectivity index (χ0n) is 13.4. The largest absolute Gasteiger partial charge is 0.310 e. The summed E-state index contributed by atoms with van der Waals surface area (Å²) in [5, 5.41) is 7.53. The molecule has 21 heavy (non-hydrogen) atoms. The maximum Gasteiger partial charge on any atom is 0.0346 e. The quantitative estimate of drug-likeness (QED) is 0.911. The number of benzene rings is 1. The van der Waals surface area contributed by atoms with Gasteiger partial charge in [-0.1, -0.05) is 25.1 Å². The molecule has 1 N–H and O–H groups in total. The first-order valence-electron chi connectivity index (χ1n) is 8.05. The molecule has 0 bridgehead atoms. The Morgan fingerprint density at radius 1 is 1.38 bits per heavy atom. The summed E-state index contributed by atoms with van der Waals surface area (Å²) in [6.07, 6.45) is 2.41. The van der Waals surface area contributed by atoms with Gasteiger partial charge >= 0.3 is 0 Å². The maximum atomic E-state index is 3.75. The third-order valence-corrected chi connectivity index (χ3v) is 6.02. The van der Waals surface area contributed by atoms with Crippen LogP contribution in [0.2, 0.25) is 0 Å². The van der Waals surface area contributed by atoms with Crippen LogP contribution in [-0.2, 0) is 6.54 Å². The van der Waals surface area contributed by atoms with Gasteiger partial charge in [-0.3, -0.25) is 4.90 Å². The normalized spacial score (nSPS) is 27.9. The van der Waals surface area contributed by atoms with Gasteiger partial charge in [0.15, 0.2) is 0 Å². The predicted molar refractivity (Wildman–Crippen MR) is 93.0 cm³/mol. The highest BCUT2D eigenvalue weighted by Gasteiger charge is 2.30. The Morgan fingerprint density at radius 2 is 2.19 bits per heavy atom. The summed E-state index contributed by atoms with van der Waals surface area (Å²) in [6, 6.07) is 9.43. The molecular formula is C18H26N2S. The molecule has 114 valence electrons. The summed E-state index contributed by atoms with van der Waals surface area (Å²) in [4.78, 5) is 2.66. The number of nitrogens with zero attached hydrogens (tertiary/aromatic N) is 1. The Kier molecular flexibility index (Phi) is 4.34. The van der Waals surface area contributed by atoms with E-state index < -0.39 is 0 Å². The molecule has 1 aromatic carbocycles. The number of hydrogen-bond donors (Lipinski definition) is 1. The van der Waals surface area contributed by atoms with E-state index in [-0.39, 0.29) is 5.54 Å². The van der Waals surface area contributed by atoms with Crippen LogP contribution in [-0.4, -0.2) is 29.6 Å². The van der Waals surface area contributed by atoms with E-state index in [9.17, 15) is 0 Å². The molecule has 2 atom stereocenters. The lowest BCUT2D eigenvalue weighted by Gasteiger charge is -2.34. The minimum Gasteiger partial charge on any atom is -0.310 e. The first-order chi connectivity index (χ1) is 10.1. The molecule has 1 fully saturated rings. The summed E-state index contributed by atoms with van der Waals surface area (Å²) < 4.78 is 1.41. The molecule has 1 aliphatic rings. The third kappa shape index (κ3) is 3.15. The molecule has 2 nitrogen and oxygen atoms in total. The fourth-order valence-corrected chi connectivity index (χ4v) is 4.20. The van der Waals surface area contributed by atoms with Crippen LogP contribution in [0.5, 0.6) is 0 Å². The van der Waals surface area contributed by atoms with Gasteiger partial charge in [0.25, 0.3) is 0 Å². The average molecular weight is 302 g/mol. The predicted octanol–water partition coefficient (Wildman–Crippen LogP) is 4.25. The van der Waals surface area contributed by atoms with Gasteiger partial charge in [-0.15, -0.1) is 11.3 Å². The Morgan fingerprint density at radius 3 is 3.00 bits per heavy atom. The maximum absolute atomic E-state index is 3.75. The zero-order valence-corrected chi connectivity index (χ0v) is 14.2. The van der Waals surface area contributed by atoms with Crippen molar-refractivity contribution in [2.24, 2.45) is 0 Å². The van der Waals surface area contributed by atoms with Crippen LogP contribution in [0, 0.1) is 0 Å². The second kappa shape index (κ2) is 6.07. The van der Waals surface area contributed by atoms with Crippen molar-refractivity contribution in [1.82, 2.24) is 10.2 Å². The minimum absolute atomic E-state index is 0.247. The van der Waals surface area contributed by atoms with Crippen LogP contribution < -0.4 is 5.32 Å². The van der Waals surface area contributed by atoms with E-state index in [0.717, 1.165) is 19.6 Å². The molecule has 0 amide bonds. The smallest absolute Gasteiger partial charge is 0.0346 e. The van der Waals surface area contributed by atoms with Gasteiger partial charge in [-0.05, 0) is 55.6 Å². The van der Waals surface area contributed by atoms with Crippen LogP contribution >= 0.6 is 11.3 Å². The molecule has 0 aliphatic carbocycles. The third-order valence-electron chi connectivity index (χ3n) is 5.00. The minimum atomic E-state index is 0.247. The van der Waals surface area contributed by atoms with Crippen molar-refractivity contribution < 1.29 is 0 Å². The van der Waals surface area contributed by atoms with Crippen molar-refractivity contribution in [3.8, 4) is 0 Å². The Bertz CT molecular complexity index is 606. The number of fused-ring (bicyclic) bond motifs is 1. The second-order valence-corrected chi connectivity index (χ2v) is 7.55. The highest BCUT2D eigenvalue weighted by Crippen LogP contribution is 2.29. The molecule has 2 aromatic rings. The Labute approximate surface area is 132 Å². The van der Waals surface area contributed by atoms with Crippen molar-refractivity contribution in [2.45, 2.75) is 51.7 Å². The summed E-state index contributed by atoms with van der Waals surface area (Å²) in [5.41, 5.74) is 1.74. The van der Waals surface area contributed by atoms with Crippen LogP contribution in [0.25, 0.3) is 10.1 Å². The topological polar surface area (TPSA) is 15.3 Å². The van der Waals surface area contributed by atoms with Crippen molar-refractivity contribution in [2.75, 3.05) is 13.1 Å². The fraction of sp³-hybridized carbons (Fsp3) is 0.556. The monoisotopic (exact) mass is 302 g/mol. The lowest BCUT2D eigenvalue weighted by molar-refractivity contribution is 0.164. The molecular weight excluding hydrogens is 276 g/mol. The lowest BCUT2D eigenvalue weighted by Crippen LogP contribution is -2.49. The highest BCUT2D eigenvalue weighted by atomic mass is 32.1. The first kappa shape index (κ1) is 15.0. The molecule has 1 saturated heterocycles. The van der Waals surface area contributed by atoms with Crippen molar-refractivity contribution >= 4 is 21.4 Å². The van der Waals surface area contributed by atoms with Gasteiger partial charge < -0.3 is 5.32 Å². The molecule has 1 aliphatic heterocycles. The standard InChI is InChI=1S/C18H26N2S/c1-4-18(3)13-20(14(2)9-10-19-18)11-15-12-21-17-8-6-5-7-16(15)17/h5-8,12,14,19H,4,9-11,13H2,1-3H3. The fourth-order valence-electron chi connectivity index (χ4n) is 3.25. The van der Waals surface area contributed by atoms with Crippen molar-refractivity contribution in [3.63, 3.8) is 0 Å². The van der Waals surface area contributed by atoms with E-state index in [4.69, 9.17) is 0 Å². The second-order valence-electron chi connectivity index (χ2n) is 6.64. The molecule has 3 heteroatoms. The van der Waals surface area contributed by atoms with Gasteiger partial charge in [0, 0.05) is 29.4 Å². The van der Waals surface area contributed by atoms with E-state index >= 15 is 0 Å². The Hall–Kier alpha value is -0.900. The van der Waals surface area contributed by atoms with Crippen LogP contribution in [0.4, 0.5) is 0 Å². The van der Waals surface area contributed by atoms with Crippen LogP contribution in [0.15, 0.2) is 29.6 Å². The van der Waals surface area contributed by atoms with Crippen molar-refractivity contribution in [1.29, 1.82) is 0 Å². The van der Waals surface area contributed by atoms with E-state index in [0.29, 0.717) is 6.04 Å². The van der Waals surface area contributed by atoms with Crippen molar-refractivity contribution in [3.05, 3.63) is 35.2 Å². The van der Waals surface area contributed by atoms with Crippen LogP contribution in [0.1, 0.15) is 39.2 Å². The van der Waals surface area contributed by atoms with E-state index in [1.165, 1.54) is 28.5 Å². The lowest BCUT2D eigenvalue weighted by atomic mass is 9.98. The SMILES string of the molecule is CCC1(C)CN(Cc2csc3ccccc23)C(C)CCN1. The number of nitrogens with one attached hydrogen (secondary N) is 1. The van der Waals surface area contributed by atoms with E-state index in [1.807, 2.05) is 11.3 Å². The molecule has 0 saturated carbocycles. The summed E-state index contributed by atoms with van der Waals surface area (Å²) in [6.45, 7) is 10.4. The van der Waals surface area contributed by atoms with E-state index in [2.05, 4.69) is 60.6 Å². The van der Waals surface area contributed by atoms with Crippen LogP contribution in [0.3, 0.4) is 0 Å². The summed E-state index contributed by atoms with van der Waals surface area (Å²) in [7, 11) is 0. The summed E-state index contributed by atoms with van der Waals surface area (Å²) >= 11 is 1.87. The van der Waals surface area contributed by atoms with Gasteiger partial charge in [-0.25, -0.2) is 0 Å². The average Bonchev–Trinajstić information content (AvgIpc) is 2.83. The summed E-state index contributed by atoms with van der Waals surface area (Å²) in [5.74, 6) is 0. The number of hydrogen-bond acceptors (Lipinski definition) is 3. The van der Waals surface area contributed by atoms with E-state index in [1.54, 1.807) is 0 Å². The number of thiophene rings is 1. The molecule has 2 unspecified atom stereocenters. The van der Waals surface area contributed by atoms with Gasteiger partial charge in [-0.2, -0.15) is 0 Å². The van der Waals surface area contributed by atoms with Gasteiger partial charge in [0.05, 0.1) is 0 Å². The van der Waals surface area contributed by atoms with Gasteiger partial charge in [0.1, 0.15) is 0 Å². The molecule has 0 radical (unpaired) electrons. The molecule has 0 spiro atoms. The Balaban J connectivity index is 1.84. The highest BCUT2D eigenvalue weighted by molar-refractivity contribution is 7.17. The zero-order chi connectivity index (χ0) is 14.9. The first-order valence-corrected chi connectivity index (χ1v) is 8.93. The molecule has 2 heterocycles. The number of rotatable bonds is 3. The molecule has 3 rings (SSSR count).